The molecular weight excluding hydrogens is 138 g/mol. The van der Waals surface area contributed by atoms with E-state index < -0.39 is 14.8 Å². The van der Waals surface area contributed by atoms with Crippen LogP contribution >= 0.6 is 0 Å². The minimum atomic E-state index is -4.79. The summed E-state index contributed by atoms with van der Waals surface area (Å²) in [5.41, 5.74) is 0. The average molecular weight is 140 g/mol. The van der Waals surface area contributed by atoms with E-state index in [1.54, 1.807) is 0 Å². The van der Waals surface area contributed by atoms with Crippen LogP contribution in [0.1, 0.15) is 0 Å². The molecule has 0 saturated carbocycles. The van der Waals surface area contributed by atoms with E-state index >= 15 is 0 Å². The van der Waals surface area contributed by atoms with Crippen LogP contribution < -0.4 is 0 Å². The second kappa shape index (κ2) is 2.07. The third kappa shape index (κ3) is 1.87. The second-order valence-corrected chi connectivity index (χ2v) is 2.05. The van der Waals surface area contributed by atoms with E-state index in [9.17, 15) is 8.42 Å². The van der Waals surface area contributed by atoms with Gasteiger partial charge in [0.2, 0.25) is 0 Å². The molecule has 1 radical (unpaired) electrons. The highest BCUT2D eigenvalue weighted by atomic mass is 32.2. The van der Waals surface area contributed by atoms with Crippen LogP contribution in [0.25, 0.3) is 0 Å². The van der Waals surface area contributed by atoms with E-state index in [1.165, 1.54) is 0 Å². The van der Waals surface area contributed by atoms with Gasteiger partial charge < -0.3 is 0 Å². The van der Waals surface area contributed by atoms with Gasteiger partial charge in [0.25, 0.3) is 0 Å². The normalized spacial score (nSPS) is 10.8. The summed E-state index contributed by atoms with van der Waals surface area (Å²) in [6.07, 6.45) is 0.506. The van der Waals surface area contributed by atoms with Crippen LogP contribution in [0.2, 0.25) is 0 Å². The molecule has 0 aliphatic heterocycles. The maximum atomic E-state index is 9.53. The quantitative estimate of drug-likeness (QED) is 0.212. The molecule has 6 nitrogen and oxygen atoms in total. The molecule has 0 aromatic heterocycles. The fraction of sp³-hybridized carbons (Fsp3) is 0. The van der Waals surface area contributed by atoms with Crippen molar-refractivity contribution in [3.05, 3.63) is 0 Å². The van der Waals surface area contributed by atoms with Gasteiger partial charge in [-0.2, -0.15) is 8.42 Å². The summed E-state index contributed by atoms with van der Waals surface area (Å²) < 4.78 is 25.8. The van der Waals surface area contributed by atoms with Crippen LogP contribution in [0.5, 0.6) is 0 Å². The summed E-state index contributed by atoms with van der Waals surface area (Å²) in [6, 6.07) is 0. The van der Waals surface area contributed by atoms with E-state index in [0.717, 1.165) is 0 Å². The molecule has 1 amide bonds. The van der Waals surface area contributed by atoms with Crippen molar-refractivity contribution < 1.29 is 23.0 Å². The average Bonchev–Trinajstić information content (AvgIpc) is 1.62. The molecule has 0 rings (SSSR count). The van der Waals surface area contributed by atoms with E-state index in [2.05, 4.69) is 0 Å². The Hall–Kier alpha value is -0.660. The van der Waals surface area contributed by atoms with Gasteiger partial charge in [-0.05, 0) is 0 Å². The number of hydrogen-bond donors (Lipinski definition) is 2. The van der Waals surface area contributed by atoms with Crippen molar-refractivity contribution >= 4 is 16.7 Å². The van der Waals surface area contributed by atoms with Crippen LogP contribution in [0, 0.1) is 0 Å². The summed E-state index contributed by atoms with van der Waals surface area (Å²) in [7, 11) is -4.79. The van der Waals surface area contributed by atoms with Crippen molar-refractivity contribution in [2.24, 2.45) is 0 Å². The Morgan fingerprint density at radius 3 is 1.88 bits per heavy atom. The zero-order valence-corrected chi connectivity index (χ0v) is 4.29. The molecule has 0 bridgehead atoms. The summed E-state index contributed by atoms with van der Waals surface area (Å²) in [4.78, 5) is 9.16. The SMILES string of the molecule is O=[C]N(O)S(=O)(=O)O. The highest BCUT2D eigenvalue weighted by Crippen LogP contribution is 1.83. The molecule has 0 unspecified atom stereocenters. The summed E-state index contributed by atoms with van der Waals surface area (Å²) in [5.74, 6) is 0. The molecule has 0 aliphatic rings. The Labute approximate surface area is 45.2 Å². The van der Waals surface area contributed by atoms with Crippen molar-refractivity contribution in [3.8, 4) is 0 Å². The lowest BCUT2D eigenvalue weighted by Crippen LogP contribution is -2.24. The zero-order valence-electron chi connectivity index (χ0n) is 3.47. The maximum Gasteiger partial charge on any atom is 0.385 e. The lowest BCUT2D eigenvalue weighted by molar-refractivity contribution is 0.0640. The van der Waals surface area contributed by atoms with Crippen molar-refractivity contribution in [2.75, 3.05) is 0 Å². The van der Waals surface area contributed by atoms with Crippen LogP contribution in [0.3, 0.4) is 0 Å². The number of carbonyl (C=O) groups excluding carboxylic acids is 1. The molecular formula is CH2NO5S. The van der Waals surface area contributed by atoms with Crippen LogP contribution in [0.15, 0.2) is 0 Å². The molecule has 7 heteroatoms. The summed E-state index contributed by atoms with van der Waals surface area (Å²) >= 11 is 0. The minimum absolute atomic E-state index is 0.506. The van der Waals surface area contributed by atoms with Crippen LogP contribution in [-0.2, 0) is 15.1 Å². The van der Waals surface area contributed by atoms with Gasteiger partial charge in [-0.25, -0.2) is 0 Å². The first-order valence-corrected chi connectivity index (χ1v) is 2.72. The molecule has 0 heterocycles. The molecule has 0 aromatic rings. The molecule has 0 saturated heterocycles. The number of rotatable bonds is 2. The van der Waals surface area contributed by atoms with Crippen molar-refractivity contribution in [3.63, 3.8) is 0 Å². The smallest absolute Gasteiger partial charge is 0.269 e. The van der Waals surface area contributed by atoms with Gasteiger partial charge in [0.1, 0.15) is 0 Å². The molecule has 0 fully saturated rings. The Morgan fingerprint density at radius 1 is 1.50 bits per heavy atom. The number of nitrogens with zero attached hydrogens (tertiary/aromatic N) is 1. The summed E-state index contributed by atoms with van der Waals surface area (Å²) in [5, 5.41) is 7.77. The predicted octanol–water partition coefficient (Wildman–Crippen LogP) is -1.45. The largest absolute Gasteiger partial charge is 0.385 e. The standard InChI is InChI=1S/CH2NO5S/c3-1-2(4)8(5,6)7/h4H,(H,5,6,7). The molecule has 8 heavy (non-hydrogen) atoms. The van der Waals surface area contributed by atoms with Crippen molar-refractivity contribution in [2.45, 2.75) is 0 Å². The first kappa shape index (κ1) is 7.34. The van der Waals surface area contributed by atoms with Crippen molar-refractivity contribution in [1.82, 2.24) is 4.47 Å². The monoisotopic (exact) mass is 140 g/mol. The van der Waals surface area contributed by atoms with Gasteiger partial charge in [0, 0.05) is 0 Å². The fourth-order valence-corrected chi connectivity index (χ4v) is 0.141. The van der Waals surface area contributed by atoms with E-state index in [4.69, 9.17) is 14.6 Å². The molecule has 2 N–H and O–H groups in total. The fourth-order valence-electron chi connectivity index (χ4n) is 0.0471. The molecule has 0 aliphatic carbocycles. The molecule has 0 atom stereocenters. The van der Waals surface area contributed by atoms with Gasteiger partial charge in [-0.15, -0.1) is 0 Å². The third-order valence-corrected chi connectivity index (χ3v) is 0.808. The maximum absolute atomic E-state index is 9.53. The molecule has 47 valence electrons. The Bertz CT molecular complexity index is 169. The van der Waals surface area contributed by atoms with Crippen LogP contribution in [0.4, 0.5) is 0 Å². The zero-order chi connectivity index (χ0) is 6.78. The highest BCUT2D eigenvalue weighted by molar-refractivity contribution is 7.83. The Balaban J connectivity index is 4.26. The molecule has 0 aromatic carbocycles. The molecule has 0 spiro atoms. The van der Waals surface area contributed by atoms with E-state index in [1.807, 2.05) is 0 Å². The second-order valence-electron chi connectivity index (χ2n) is 0.812. The van der Waals surface area contributed by atoms with Gasteiger partial charge in [-0.3, -0.25) is 14.6 Å². The van der Waals surface area contributed by atoms with Crippen molar-refractivity contribution in [1.29, 1.82) is 0 Å². The number of hydrogen-bond acceptors (Lipinski definition) is 4. The number of amides is 1. The van der Waals surface area contributed by atoms with Gasteiger partial charge >= 0.3 is 16.7 Å². The third-order valence-electron chi connectivity index (χ3n) is 0.297. The Morgan fingerprint density at radius 2 is 1.88 bits per heavy atom. The van der Waals surface area contributed by atoms with Gasteiger partial charge in [0.15, 0.2) is 0 Å². The topological polar surface area (TPSA) is 94.9 Å². The highest BCUT2D eigenvalue weighted by Gasteiger charge is 2.12. The van der Waals surface area contributed by atoms with Crippen LogP contribution in [-0.4, -0.2) is 29.1 Å². The minimum Gasteiger partial charge on any atom is -0.269 e. The first-order valence-electron chi connectivity index (χ1n) is 1.33. The predicted molar refractivity (Wildman–Crippen MR) is 20.9 cm³/mol. The lowest BCUT2D eigenvalue weighted by Gasteiger charge is -1.97. The first-order chi connectivity index (χ1) is 3.48. The summed E-state index contributed by atoms with van der Waals surface area (Å²) in [6.45, 7) is 0. The van der Waals surface area contributed by atoms with E-state index in [-0.39, 0.29) is 0 Å². The lowest BCUT2D eigenvalue weighted by atomic mass is 11.5. The van der Waals surface area contributed by atoms with Gasteiger partial charge in [-0.1, -0.05) is 4.47 Å². The number of hydroxylamine groups is 1. The Kier molecular flexibility index (Phi) is 1.90. The van der Waals surface area contributed by atoms with E-state index in [0.29, 0.717) is 6.41 Å². The van der Waals surface area contributed by atoms with Gasteiger partial charge in [0.05, 0.1) is 0 Å².